The second-order valence-corrected chi connectivity index (χ2v) is 14.2. The average molecular weight is 703 g/mol. The molecule has 0 fully saturated rings. The van der Waals surface area contributed by atoms with Gasteiger partial charge in [0.1, 0.15) is 11.2 Å². The van der Waals surface area contributed by atoms with E-state index in [1.807, 2.05) is 12.1 Å². The van der Waals surface area contributed by atoms with E-state index in [-0.39, 0.29) is 0 Å². The number of anilines is 3. The first-order valence-corrected chi connectivity index (χ1v) is 18.8. The van der Waals surface area contributed by atoms with Crippen LogP contribution in [0.1, 0.15) is 0 Å². The van der Waals surface area contributed by atoms with Gasteiger partial charge < -0.3 is 13.9 Å². The van der Waals surface area contributed by atoms with Crippen LogP contribution in [0.2, 0.25) is 0 Å². The minimum atomic E-state index is 0.889. The van der Waals surface area contributed by atoms with Gasteiger partial charge in [-0.1, -0.05) is 140 Å². The molecule has 258 valence electrons. The molecule has 55 heavy (non-hydrogen) atoms. The highest BCUT2D eigenvalue weighted by molar-refractivity contribution is 6.10. The summed E-state index contributed by atoms with van der Waals surface area (Å²) in [5.74, 6) is 0. The smallest absolute Gasteiger partial charge is 0.135 e. The summed E-state index contributed by atoms with van der Waals surface area (Å²) in [7, 11) is 0. The van der Waals surface area contributed by atoms with Crippen molar-refractivity contribution in [2.75, 3.05) is 4.90 Å². The molecule has 0 saturated heterocycles. The lowest BCUT2D eigenvalue weighted by molar-refractivity contribution is 0.669. The highest BCUT2D eigenvalue weighted by atomic mass is 16.3. The fourth-order valence-electron chi connectivity index (χ4n) is 8.36. The highest BCUT2D eigenvalue weighted by Crippen LogP contribution is 2.41. The van der Waals surface area contributed by atoms with Crippen LogP contribution in [0, 0.1) is 0 Å². The third kappa shape index (κ3) is 5.20. The average Bonchev–Trinajstić information content (AvgIpc) is 3.80. The Morgan fingerprint density at radius 3 is 1.64 bits per heavy atom. The molecule has 11 aromatic rings. The third-order valence-corrected chi connectivity index (χ3v) is 11.0. The second kappa shape index (κ2) is 12.6. The van der Waals surface area contributed by atoms with Gasteiger partial charge in [-0.05, 0) is 94.2 Å². The first-order valence-electron chi connectivity index (χ1n) is 18.8. The monoisotopic (exact) mass is 702 g/mol. The van der Waals surface area contributed by atoms with Crippen LogP contribution in [0.3, 0.4) is 0 Å². The lowest BCUT2D eigenvalue weighted by atomic mass is 9.98. The Morgan fingerprint density at radius 1 is 0.345 bits per heavy atom. The van der Waals surface area contributed by atoms with Gasteiger partial charge in [-0.25, -0.2) is 0 Å². The van der Waals surface area contributed by atoms with Gasteiger partial charge in [0.05, 0.1) is 16.7 Å². The minimum absolute atomic E-state index is 0.889. The van der Waals surface area contributed by atoms with Crippen LogP contribution in [0.4, 0.5) is 17.1 Å². The lowest BCUT2D eigenvalue weighted by Gasteiger charge is -2.26. The molecule has 0 aliphatic heterocycles. The molecule has 9 aromatic carbocycles. The van der Waals surface area contributed by atoms with E-state index in [1.165, 1.54) is 60.5 Å². The van der Waals surface area contributed by atoms with Gasteiger partial charge >= 0.3 is 0 Å². The molecule has 0 bridgehead atoms. The van der Waals surface area contributed by atoms with Gasteiger partial charge in [-0.15, -0.1) is 0 Å². The van der Waals surface area contributed by atoms with E-state index in [1.54, 1.807) is 0 Å². The van der Waals surface area contributed by atoms with Gasteiger partial charge in [0.2, 0.25) is 0 Å². The molecule has 2 aromatic heterocycles. The molecule has 0 spiro atoms. The number of benzene rings is 9. The van der Waals surface area contributed by atoms with E-state index in [4.69, 9.17) is 4.42 Å². The SMILES string of the molecule is c1ccc(-n2c3ccccc3c3ccccc32)c(-c2ccc(-c3ccc(N(c4ccc5ccccc5c4)c4ccc5oc6ccccc6c5c4)cc3)cc2)c1. The molecule has 3 heteroatoms. The molecule has 3 nitrogen and oxygen atoms in total. The maximum atomic E-state index is 6.20. The Morgan fingerprint density at radius 2 is 0.873 bits per heavy atom. The first-order chi connectivity index (χ1) is 27.3. The summed E-state index contributed by atoms with van der Waals surface area (Å²) in [5, 5.41) is 7.18. The van der Waals surface area contributed by atoms with Crippen LogP contribution >= 0.6 is 0 Å². The Bertz CT molecular complexity index is 3150. The second-order valence-electron chi connectivity index (χ2n) is 14.2. The van der Waals surface area contributed by atoms with Crippen molar-refractivity contribution in [2.24, 2.45) is 0 Å². The van der Waals surface area contributed by atoms with Crippen LogP contribution in [-0.4, -0.2) is 4.57 Å². The molecule has 0 aliphatic carbocycles. The number of nitrogens with zero attached hydrogens (tertiary/aromatic N) is 2. The zero-order valence-corrected chi connectivity index (χ0v) is 29.9. The van der Waals surface area contributed by atoms with Gasteiger partial charge in [-0.2, -0.15) is 0 Å². The predicted octanol–water partition coefficient (Wildman–Crippen LogP) is 14.6. The Kier molecular flexibility index (Phi) is 7.17. The maximum absolute atomic E-state index is 6.20. The maximum Gasteiger partial charge on any atom is 0.135 e. The molecule has 0 radical (unpaired) electrons. The fourth-order valence-corrected chi connectivity index (χ4v) is 8.36. The molecular weight excluding hydrogens is 669 g/mol. The van der Waals surface area contributed by atoms with Crippen LogP contribution in [-0.2, 0) is 0 Å². The van der Waals surface area contributed by atoms with Crippen molar-refractivity contribution in [3.05, 3.63) is 206 Å². The molecule has 0 N–H and O–H groups in total. The molecule has 0 atom stereocenters. The highest BCUT2D eigenvalue weighted by Gasteiger charge is 2.18. The lowest BCUT2D eigenvalue weighted by Crippen LogP contribution is -2.09. The van der Waals surface area contributed by atoms with E-state index >= 15 is 0 Å². The summed E-state index contributed by atoms with van der Waals surface area (Å²) in [6.07, 6.45) is 0. The van der Waals surface area contributed by atoms with E-state index in [9.17, 15) is 0 Å². The van der Waals surface area contributed by atoms with Gasteiger partial charge in [0.25, 0.3) is 0 Å². The molecule has 0 aliphatic rings. The largest absolute Gasteiger partial charge is 0.456 e. The molecule has 0 unspecified atom stereocenters. The Balaban J connectivity index is 0.969. The molecule has 0 amide bonds. The molecular formula is C52H34N2O. The van der Waals surface area contributed by atoms with E-state index in [0.717, 1.165) is 39.0 Å². The van der Waals surface area contributed by atoms with Gasteiger partial charge in [0.15, 0.2) is 0 Å². The summed E-state index contributed by atoms with van der Waals surface area (Å²) < 4.78 is 8.60. The number of hydrogen-bond donors (Lipinski definition) is 0. The fraction of sp³-hybridized carbons (Fsp3) is 0. The third-order valence-electron chi connectivity index (χ3n) is 11.0. The van der Waals surface area contributed by atoms with Gasteiger partial charge in [-0.3, -0.25) is 0 Å². The van der Waals surface area contributed by atoms with E-state index < -0.39 is 0 Å². The van der Waals surface area contributed by atoms with Crippen LogP contribution in [0.15, 0.2) is 211 Å². The quantitative estimate of drug-likeness (QED) is 0.172. The predicted molar refractivity (Wildman–Crippen MR) is 231 cm³/mol. The number of aromatic nitrogens is 1. The summed E-state index contributed by atoms with van der Waals surface area (Å²) >= 11 is 0. The van der Waals surface area contributed by atoms with Crippen molar-refractivity contribution in [2.45, 2.75) is 0 Å². The molecule has 11 rings (SSSR count). The van der Waals surface area contributed by atoms with Crippen molar-refractivity contribution in [3.63, 3.8) is 0 Å². The molecule has 0 saturated carbocycles. The van der Waals surface area contributed by atoms with Crippen molar-refractivity contribution in [1.29, 1.82) is 0 Å². The van der Waals surface area contributed by atoms with E-state index in [0.29, 0.717) is 0 Å². The summed E-state index contributed by atoms with van der Waals surface area (Å²) in [6, 6.07) is 74.0. The summed E-state index contributed by atoms with van der Waals surface area (Å²) in [6.45, 7) is 0. The zero-order valence-electron chi connectivity index (χ0n) is 29.9. The van der Waals surface area contributed by atoms with E-state index in [2.05, 4.69) is 204 Å². The number of para-hydroxylation sites is 4. The zero-order chi connectivity index (χ0) is 36.3. The number of fused-ring (bicyclic) bond motifs is 7. The Labute approximate surface area is 318 Å². The number of furan rings is 1. The standard InChI is InChI=1S/C52H34N2O/c1-2-12-39-33-41(30-27-35(39)11-1)53(42-31-32-52-47(34-42)46-16-6-10-20-51(46)55-52)40-28-25-37(26-29-40)36-21-23-38(24-22-36)43-13-3-7-17-48(43)54-49-18-8-4-14-44(49)45-15-5-9-19-50(45)54/h1-34H. The van der Waals surface area contributed by atoms with Crippen molar-refractivity contribution in [3.8, 4) is 27.9 Å². The number of hydrogen-bond acceptors (Lipinski definition) is 2. The summed E-state index contributed by atoms with van der Waals surface area (Å²) in [4.78, 5) is 2.34. The van der Waals surface area contributed by atoms with Crippen molar-refractivity contribution in [1.82, 2.24) is 4.57 Å². The van der Waals surface area contributed by atoms with Crippen LogP contribution < -0.4 is 4.90 Å². The van der Waals surface area contributed by atoms with Gasteiger partial charge in [0, 0.05) is 44.2 Å². The first kappa shape index (κ1) is 31.2. The summed E-state index contributed by atoms with van der Waals surface area (Å²) in [5.41, 5.74) is 13.4. The van der Waals surface area contributed by atoms with Crippen molar-refractivity contribution >= 4 is 71.6 Å². The van der Waals surface area contributed by atoms with Crippen LogP contribution in [0.5, 0.6) is 0 Å². The topological polar surface area (TPSA) is 21.3 Å². The van der Waals surface area contributed by atoms with Crippen LogP contribution in [0.25, 0.3) is 82.5 Å². The molecule has 2 heterocycles. The number of rotatable bonds is 6. The van der Waals surface area contributed by atoms with Crippen molar-refractivity contribution < 1.29 is 4.42 Å². The Hall–Kier alpha value is -7.36. The minimum Gasteiger partial charge on any atom is -0.456 e. The normalized spacial score (nSPS) is 11.6.